The van der Waals surface area contributed by atoms with Crippen LogP contribution in [0.2, 0.25) is 0 Å². The zero-order valence-electron chi connectivity index (χ0n) is 10.4. The first-order chi connectivity index (χ1) is 9.31. The number of halogens is 1. The molecule has 9 heteroatoms. The summed E-state index contributed by atoms with van der Waals surface area (Å²) < 4.78 is 40.8. The first-order valence-corrected chi connectivity index (χ1v) is 7.30. The lowest BCUT2D eigenvalue weighted by Crippen LogP contribution is -2.19. The Morgan fingerprint density at radius 3 is 2.55 bits per heavy atom. The highest BCUT2D eigenvalue weighted by atomic mass is 32.2. The molecule has 0 spiro atoms. The smallest absolute Gasteiger partial charge is 0.263 e. The molecule has 0 fully saturated rings. The van der Waals surface area contributed by atoms with Gasteiger partial charge in [-0.2, -0.15) is 5.10 Å². The minimum Gasteiger partial charge on any atom is -0.389 e. The van der Waals surface area contributed by atoms with Crippen LogP contribution in [0.3, 0.4) is 0 Å². The summed E-state index contributed by atoms with van der Waals surface area (Å²) in [6, 6.07) is 4.45. The Morgan fingerprint density at radius 2 is 2.00 bits per heavy atom. The van der Waals surface area contributed by atoms with Gasteiger partial charge < -0.3 is 5.73 Å². The number of aryl methyl sites for hydroxylation is 1. The molecule has 0 aliphatic carbocycles. The van der Waals surface area contributed by atoms with E-state index >= 15 is 0 Å². The van der Waals surface area contributed by atoms with Gasteiger partial charge in [0.25, 0.3) is 10.0 Å². The third-order valence-corrected chi connectivity index (χ3v) is 4.13. The summed E-state index contributed by atoms with van der Waals surface area (Å²) in [6.07, 6.45) is 1.37. The summed E-state index contributed by atoms with van der Waals surface area (Å²) in [5.74, 6) is -0.366. The van der Waals surface area contributed by atoms with Crippen LogP contribution in [-0.2, 0) is 17.1 Å². The van der Waals surface area contributed by atoms with Crippen LogP contribution in [0, 0.1) is 5.82 Å². The highest BCUT2D eigenvalue weighted by molar-refractivity contribution is 7.92. The Morgan fingerprint density at radius 1 is 1.40 bits per heavy atom. The van der Waals surface area contributed by atoms with Crippen LogP contribution in [0.25, 0.3) is 0 Å². The maximum absolute atomic E-state index is 12.8. The van der Waals surface area contributed by atoms with Crippen molar-refractivity contribution in [1.29, 1.82) is 0 Å². The zero-order valence-corrected chi connectivity index (χ0v) is 12.0. The molecule has 2 rings (SSSR count). The van der Waals surface area contributed by atoms with Gasteiger partial charge in [0.15, 0.2) is 0 Å². The van der Waals surface area contributed by atoms with E-state index in [1.807, 2.05) is 0 Å². The number of nitrogens with two attached hydrogens (primary N) is 1. The number of rotatable bonds is 4. The molecule has 0 amide bonds. The van der Waals surface area contributed by atoms with Crippen molar-refractivity contribution in [3.63, 3.8) is 0 Å². The molecular weight excluding hydrogens is 303 g/mol. The molecule has 20 heavy (non-hydrogen) atoms. The standard InChI is InChI=1S/C11H11FN4O2S2/c1-16-11(9(6-14-16)10(13)19)15-20(17,18)8-4-2-7(12)3-5-8/h2-6,15H,1H3,(H2,13,19). The van der Waals surface area contributed by atoms with Crippen LogP contribution in [0.1, 0.15) is 5.56 Å². The molecule has 6 nitrogen and oxygen atoms in total. The van der Waals surface area contributed by atoms with Crippen molar-refractivity contribution >= 4 is 33.0 Å². The molecule has 0 aliphatic rings. The second-order valence-corrected chi connectivity index (χ2v) is 6.08. The van der Waals surface area contributed by atoms with Crippen LogP contribution in [0.4, 0.5) is 10.2 Å². The number of hydrogen-bond acceptors (Lipinski definition) is 4. The molecular formula is C11H11FN4O2S2. The van der Waals surface area contributed by atoms with Crippen molar-refractivity contribution in [2.45, 2.75) is 4.90 Å². The van der Waals surface area contributed by atoms with Gasteiger partial charge in [-0.15, -0.1) is 0 Å². The van der Waals surface area contributed by atoms with Crippen LogP contribution in [-0.4, -0.2) is 23.2 Å². The SMILES string of the molecule is Cn1ncc(C(N)=S)c1NS(=O)(=O)c1ccc(F)cc1. The second kappa shape index (κ2) is 5.17. The first-order valence-electron chi connectivity index (χ1n) is 5.41. The predicted octanol–water partition coefficient (Wildman–Crippen LogP) is 0.994. The summed E-state index contributed by atoms with van der Waals surface area (Å²) in [5, 5.41) is 3.89. The zero-order chi connectivity index (χ0) is 14.9. The number of aromatic nitrogens is 2. The third kappa shape index (κ3) is 2.78. The van der Waals surface area contributed by atoms with Gasteiger partial charge in [-0.1, -0.05) is 12.2 Å². The van der Waals surface area contributed by atoms with Gasteiger partial charge in [0.05, 0.1) is 16.7 Å². The molecule has 106 valence electrons. The van der Waals surface area contributed by atoms with E-state index in [1.165, 1.54) is 10.9 Å². The number of nitrogens with zero attached hydrogens (tertiary/aromatic N) is 2. The van der Waals surface area contributed by atoms with Crippen molar-refractivity contribution in [2.75, 3.05) is 4.72 Å². The lowest BCUT2D eigenvalue weighted by molar-refractivity contribution is 0.598. The van der Waals surface area contributed by atoms with E-state index in [-0.39, 0.29) is 15.7 Å². The highest BCUT2D eigenvalue weighted by Gasteiger charge is 2.19. The minimum absolute atomic E-state index is 0.0231. The summed E-state index contributed by atoms with van der Waals surface area (Å²) in [6.45, 7) is 0. The van der Waals surface area contributed by atoms with Gasteiger partial charge in [0, 0.05) is 7.05 Å². The van der Waals surface area contributed by atoms with E-state index in [0.29, 0.717) is 5.56 Å². The molecule has 0 bridgehead atoms. The fraction of sp³-hybridized carbons (Fsp3) is 0.0909. The van der Waals surface area contributed by atoms with Crippen LogP contribution < -0.4 is 10.5 Å². The third-order valence-electron chi connectivity index (χ3n) is 2.56. The monoisotopic (exact) mass is 314 g/mol. The Hall–Kier alpha value is -2.00. The number of hydrogen-bond donors (Lipinski definition) is 2. The van der Waals surface area contributed by atoms with Crippen molar-refractivity contribution < 1.29 is 12.8 Å². The maximum atomic E-state index is 12.8. The van der Waals surface area contributed by atoms with E-state index in [0.717, 1.165) is 24.3 Å². The number of thiocarbonyl (C=S) groups is 1. The molecule has 0 saturated carbocycles. The van der Waals surface area contributed by atoms with E-state index in [2.05, 4.69) is 9.82 Å². The molecule has 0 atom stereocenters. The van der Waals surface area contributed by atoms with Crippen LogP contribution in [0.15, 0.2) is 35.4 Å². The maximum Gasteiger partial charge on any atom is 0.263 e. The van der Waals surface area contributed by atoms with Crippen LogP contribution >= 0.6 is 12.2 Å². The fourth-order valence-electron chi connectivity index (χ4n) is 1.54. The molecule has 1 aromatic carbocycles. The van der Waals surface area contributed by atoms with E-state index in [1.54, 1.807) is 7.05 Å². The van der Waals surface area contributed by atoms with Crippen molar-refractivity contribution in [2.24, 2.45) is 12.8 Å². The lowest BCUT2D eigenvalue weighted by atomic mass is 10.3. The Balaban J connectivity index is 2.41. The molecule has 2 aromatic rings. The summed E-state index contributed by atoms with van der Waals surface area (Å²) >= 11 is 4.83. The molecule has 0 saturated heterocycles. The number of benzene rings is 1. The summed E-state index contributed by atoms with van der Waals surface area (Å²) in [4.78, 5) is -0.0519. The molecule has 3 N–H and O–H groups in total. The Kier molecular flexibility index (Phi) is 3.73. The summed E-state index contributed by atoms with van der Waals surface area (Å²) in [5.41, 5.74) is 5.81. The normalized spacial score (nSPS) is 11.3. The molecule has 0 aliphatic heterocycles. The van der Waals surface area contributed by atoms with Gasteiger partial charge in [-0.3, -0.25) is 9.40 Å². The van der Waals surface area contributed by atoms with Crippen molar-refractivity contribution in [3.8, 4) is 0 Å². The predicted molar refractivity (Wildman–Crippen MR) is 76.3 cm³/mol. The average molecular weight is 314 g/mol. The van der Waals surface area contributed by atoms with Gasteiger partial charge in [-0.25, -0.2) is 12.8 Å². The second-order valence-electron chi connectivity index (χ2n) is 3.95. The number of sulfonamides is 1. The molecule has 0 radical (unpaired) electrons. The molecule has 0 unspecified atom stereocenters. The summed E-state index contributed by atoms with van der Waals surface area (Å²) in [7, 11) is -2.33. The average Bonchev–Trinajstić information content (AvgIpc) is 2.71. The van der Waals surface area contributed by atoms with Crippen molar-refractivity contribution in [3.05, 3.63) is 41.8 Å². The number of nitrogens with one attached hydrogen (secondary N) is 1. The minimum atomic E-state index is -3.87. The van der Waals surface area contributed by atoms with E-state index in [9.17, 15) is 12.8 Å². The van der Waals surface area contributed by atoms with Gasteiger partial charge in [0.2, 0.25) is 0 Å². The number of anilines is 1. The van der Waals surface area contributed by atoms with Crippen LogP contribution in [0.5, 0.6) is 0 Å². The molecule has 1 heterocycles. The Bertz CT molecular complexity index is 753. The van der Waals surface area contributed by atoms with E-state index in [4.69, 9.17) is 18.0 Å². The fourth-order valence-corrected chi connectivity index (χ4v) is 2.80. The lowest BCUT2D eigenvalue weighted by Gasteiger charge is -2.10. The molecule has 1 aromatic heterocycles. The highest BCUT2D eigenvalue weighted by Crippen LogP contribution is 2.19. The van der Waals surface area contributed by atoms with Gasteiger partial charge >= 0.3 is 0 Å². The topological polar surface area (TPSA) is 90.0 Å². The Labute approximate surface area is 120 Å². The van der Waals surface area contributed by atoms with Crippen molar-refractivity contribution in [1.82, 2.24) is 9.78 Å². The largest absolute Gasteiger partial charge is 0.389 e. The first kappa shape index (κ1) is 14.4. The quantitative estimate of drug-likeness (QED) is 0.822. The van der Waals surface area contributed by atoms with Gasteiger partial charge in [0.1, 0.15) is 16.6 Å². The van der Waals surface area contributed by atoms with Gasteiger partial charge in [-0.05, 0) is 24.3 Å². The van der Waals surface area contributed by atoms with E-state index < -0.39 is 15.8 Å².